The zero-order valence-corrected chi connectivity index (χ0v) is 14.6. The number of aromatic amines is 2. The Hall–Kier alpha value is -3.54. The number of nitrogens with one attached hydrogen (secondary N) is 2. The largest absolute Gasteiger partial charge is 0.335 e. The van der Waals surface area contributed by atoms with Crippen molar-refractivity contribution in [2.24, 2.45) is 0 Å². The Bertz CT molecular complexity index is 1140. The molecule has 2 N–H and O–H groups in total. The van der Waals surface area contributed by atoms with E-state index in [4.69, 9.17) is 0 Å². The van der Waals surface area contributed by atoms with Crippen molar-refractivity contribution >= 4 is 27.8 Å². The van der Waals surface area contributed by atoms with Gasteiger partial charge in [-0.25, -0.2) is 15.0 Å². The lowest BCUT2D eigenvalue weighted by atomic mass is 9.99. The fourth-order valence-electron chi connectivity index (χ4n) is 3.08. The molecule has 4 rings (SSSR count). The standard InChI is InChI=1S/C20H18N6/c1-4-7-12(3)14(5-2)13-10-15-17(25-26-18(15)22-11-13)20-23-16-8-6-9-21-19(16)24-20/h4-11H,1H2,2-3H3,(H,21,23,24)(H,22,25,26)/b12-7-,14-5+. The zero-order chi connectivity index (χ0) is 18.1. The second-order valence-corrected chi connectivity index (χ2v) is 5.94. The Morgan fingerprint density at radius 3 is 2.88 bits per heavy atom. The smallest absolute Gasteiger partial charge is 0.181 e. The van der Waals surface area contributed by atoms with Gasteiger partial charge >= 0.3 is 0 Å². The van der Waals surface area contributed by atoms with Gasteiger partial charge in [-0.2, -0.15) is 5.10 Å². The molecule has 4 aromatic rings. The summed E-state index contributed by atoms with van der Waals surface area (Å²) in [4.78, 5) is 16.6. The van der Waals surface area contributed by atoms with Crippen LogP contribution in [0, 0.1) is 0 Å². The van der Waals surface area contributed by atoms with Crippen LogP contribution in [-0.2, 0) is 0 Å². The lowest BCUT2D eigenvalue weighted by Gasteiger charge is -2.07. The zero-order valence-electron chi connectivity index (χ0n) is 14.6. The summed E-state index contributed by atoms with van der Waals surface area (Å²) in [6, 6.07) is 5.90. The third-order valence-electron chi connectivity index (χ3n) is 4.30. The van der Waals surface area contributed by atoms with Crippen molar-refractivity contribution < 1.29 is 0 Å². The average molecular weight is 342 g/mol. The number of imidazole rings is 1. The van der Waals surface area contributed by atoms with Crippen molar-refractivity contribution in [3.8, 4) is 11.5 Å². The molecule has 0 saturated carbocycles. The van der Waals surface area contributed by atoms with Crippen LogP contribution in [0.25, 0.3) is 39.3 Å². The van der Waals surface area contributed by atoms with Gasteiger partial charge in [0.1, 0.15) is 5.69 Å². The molecule has 26 heavy (non-hydrogen) atoms. The van der Waals surface area contributed by atoms with Gasteiger partial charge < -0.3 is 4.98 Å². The van der Waals surface area contributed by atoms with E-state index in [1.54, 1.807) is 12.3 Å². The number of pyridine rings is 2. The monoisotopic (exact) mass is 342 g/mol. The number of fused-ring (bicyclic) bond motifs is 2. The molecular weight excluding hydrogens is 324 g/mol. The highest BCUT2D eigenvalue weighted by molar-refractivity contribution is 5.93. The van der Waals surface area contributed by atoms with Gasteiger partial charge in [0, 0.05) is 18.0 Å². The van der Waals surface area contributed by atoms with E-state index in [-0.39, 0.29) is 0 Å². The van der Waals surface area contributed by atoms with Crippen molar-refractivity contribution in [1.29, 1.82) is 0 Å². The molecule has 4 aromatic heterocycles. The number of H-pyrrole nitrogens is 2. The molecule has 0 aliphatic rings. The summed E-state index contributed by atoms with van der Waals surface area (Å²) in [6.45, 7) is 7.85. The van der Waals surface area contributed by atoms with Crippen molar-refractivity contribution in [3.05, 3.63) is 66.5 Å². The van der Waals surface area contributed by atoms with Crippen molar-refractivity contribution in [3.63, 3.8) is 0 Å². The highest BCUT2D eigenvalue weighted by Crippen LogP contribution is 2.29. The van der Waals surface area contributed by atoms with Gasteiger partial charge in [0.2, 0.25) is 0 Å². The Morgan fingerprint density at radius 1 is 1.23 bits per heavy atom. The molecule has 6 heteroatoms. The van der Waals surface area contributed by atoms with E-state index in [2.05, 4.69) is 55.8 Å². The maximum Gasteiger partial charge on any atom is 0.181 e. The SMILES string of the molecule is C=C/C=C(C)\C(=C/C)c1cnc2n[nH]c(-c3nc4ncccc4[nH]3)c2c1. The first-order valence-electron chi connectivity index (χ1n) is 8.33. The number of hydrogen-bond acceptors (Lipinski definition) is 4. The third kappa shape index (κ3) is 2.61. The van der Waals surface area contributed by atoms with E-state index in [0.717, 1.165) is 33.3 Å². The van der Waals surface area contributed by atoms with Gasteiger partial charge in [-0.05, 0) is 43.2 Å². The van der Waals surface area contributed by atoms with Crippen molar-refractivity contribution in [1.82, 2.24) is 30.1 Å². The van der Waals surface area contributed by atoms with Crippen LogP contribution in [0.15, 0.2) is 61.0 Å². The third-order valence-corrected chi connectivity index (χ3v) is 4.30. The fourth-order valence-corrected chi connectivity index (χ4v) is 3.08. The molecule has 6 nitrogen and oxygen atoms in total. The minimum Gasteiger partial charge on any atom is -0.335 e. The summed E-state index contributed by atoms with van der Waals surface area (Å²) >= 11 is 0. The van der Waals surface area contributed by atoms with Crippen LogP contribution in [0.1, 0.15) is 19.4 Å². The molecule has 0 bridgehead atoms. The maximum absolute atomic E-state index is 4.56. The predicted molar refractivity (Wildman–Crippen MR) is 104 cm³/mol. The van der Waals surface area contributed by atoms with Crippen LogP contribution >= 0.6 is 0 Å². The summed E-state index contributed by atoms with van der Waals surface area (Å²) in [5.41, 5.74) is 6.26. The Balaban J connectivity index is 1.87. The summed E-state index contributed by atoms with van der Waals surface area (Å²) in [7, 11) is 0. The topological polar surface area (TPSA) is 83.1 Å². The van der Waals surface area contributed by atoms with Crippen LogP contribution in [0.5, 0.6) is 0 Å². The molecule has 0 radical (unpaired) electrons. The highest BCUT2D eigenvalue weighted by atomic mass is 15.2. The lowest BCUT2D eigenvalue weighted by molar-refractivity contribution is 1.09. The van der Waals surface area contributed by atoms with Gasteiger partial charge in [0.15, 0.2) is 17.1 Å². The molecule has 0 aliphatic heterocycles. The number of rotatable bonds is 4. The molecule has 0 aromatic carbocycles. The van der Waals surface area contributed by atoms with Gasteiger partial charge in [-0.1, -0.05) is 24.8 Å². The quantitative estimate of drug-likeness (QED) is 0.537. The number of aromatic nitrogens is 6. The second-order valence-electron chi connectivity index (χ2n) is 5.94. The molecule has 4 heterocycles. The predicted octanol–water partition coefficient (Wildman–Crippen LogP) is 4.43. The van der Waals surface area contributed by atoms with Crippen LogP contribution in [0.3, 0.4) is 0 Å². The summed E-state index contributed by atoms with van der Waals surface area (Å²) in [5, 5.41) is 8.26. The first kappa shape index (κ1) is 16.0. The molecule has 0 spiro atoms. The Labute approximate surface area is 150 Å². The molecule has 128 valence electrons. The molecule has 0 atom stereocenters. The van der Waals surface area contributed by atoms with Gasteiger partial charge in [0.05, 0.1) is 10.9 Å². The van der Waals surface area contributed by atoms with Crippen molar-refractivity contribution in [2.75, 3.05) is 0 Å². The van der Waals surface area contributed by atoms with E-state index in [1.165, 1.54) is 0 Å². The average Bonchev–Trinajstić information content (AvgIpc) is 3.25. The van der Waals surface area contributed by atoms with Crippen LogP contribution in [0.4, 0.5) is 0 Å². The number of nitrogens with zero attached hydrogens (tertiary/aromatic N) is 4. The summed E-state index contributed by atoms with van der Waals surface area (Å²) < 4.78 is 0. The van der Waals surface area contributed by atoms with E-state index >= 15 is 0 Å². The van der Waals surface area contributed by atoms with E-state index < -0.39 is 0 Å². The molecule has 0 amide bonds. The van der Waals surface area contributed by atoms with E-state index in [1.807, 2.05) is 31.3 Å². The second kappa shape index (κ2) is 6.40. The molecule has 0 saturated heterocycles. The summed E-state index contributed by atoms with van der Waals surface area (Å²) in [6.07, 6.45) is 9.41. The lowest BCUT2D eigenvalue weighted by Crippen LogP contribution is -1.89. The Morgan fingerprint density at radius 2 is 2.12 bits per heavy atom. The number of allylic oxidation sites excluding steroid dienone is 5. The molecule has 0 fully saturated rings. The van der Waals surface area contributed by atoms with E-state index in [9.17, 15) is 0 Å². The highest BCUT2D eigenvalue weighted by Gasteiger charge is 2.15. The van der Waals surface area contributed by atoms with Gasteiger partial charge in [-0.3, -0.25) is 5.10 Å². The molecule has 0 unspecified atom stereocenters. The first-order valence-corrected chi connectivity index (χ1v) is 8.33. The maximum atomic E-state index is 4.56. The van der Waals surface area contributed by atoms with Gasteiger partial charge in [0.25, 0.3) is 0 Å². The van der Waals surface area contributed by atoms with E-state index in [0.29, 0.717) is 17.1 Å². The van der Waals surface area contributed by atoms with Crippen molar-refractivity contribution in [2.45, 2.75) is 13.8 Å². The first-order chi connectivity index (χ1) is 12.7. The normalized spacial score (nSPS) is 12.8. The van der Waals surface area contributed by atoms with Crippen LogP contribution in [-0.4, -0.2) is 30.1 Å². The van der Waals surface area contributed by atoms with Crippen LogP contribution in [0.2, 0.25) is 0 Å². The van der Waals surface area contributed by atoms with Crippen LogP contribution < -0.4 is 0 Å². The molecular formula is C20H18N6. The molecule has 0 aliphatic carbocycles. The van der Waals surface area contributed by atoms with Gasteiger partial charge in [-0.15, -0.1) is 0 Å². The minimum absolute atomic E-state index is 0.651. The summed E-state index contributed by atoms with van der Waals surface area (Å²) in [5.74, 6) is 0.695. The Kier molecular flexibility index (Phi) is 3.93. The number of hydrogen-bond donors (Lipinski definition) is 2. The minimum atomic E-state index is 0.651. The fraction of sp³-hybridized carbons (Fsp3) is 0.100.